The van der Waals surface area contributed by atoms with Crippen LogP contribution in [0.4, 0.5) is 5.69 Å². The maximum atomic E-state index is 5.93. The van der Waals surface area contributed by atoms with E-state index in [2.05, 4.69) is 15.9 Å². The number of rotatable bonds is 0. The summed E-state index contributed by atoms with van der Waals surface area (Å²) in [5.41, 5.74) is 7.52. The lowest BCUT2D eigenvalue weighted by molar-refractivity contribution is -0.169. The fourth-order valence-electron chi connectivity index (χ4n) is 2.37. The fraction of sp³-hybridized carbons (Fsp3) is 0.500. The van der Waals surface area contributed by atoms with E-state index in [1.54, 1.807) is 0 Å². The predicted octanol–water partition coefficient (Wildman–Crippen LogP) is 2.40. The fourth-order valence-corrected chi connectivity index (χ4v) is 2.69. The van der Waals surface area contributed by atoms with Crippen LogP contribution in [-0.4, -0.2) is 19.8 Å². The Morgan fingerprint density at radius 2 is 1.94 bits per heavy atom. The van der Waals surface area contributed by atoms with Crippen LogP contribution in [0.1, 0.15) is 18.4 Å². The molecule has 1 saturated heterocycles. The number of benzene rings is 1. The third-order valence-corrected chi connectivity index (χ3v) is 3.86. The molecule has 1 fully saturated rings. The van der Waals surface area contributed by atoms with Crippen molar-refractivity contribution in [3.8, 4) is 5.75 Å². The molecule has 17 heavy (non-hydrogen) atoms. The van der Waals surface area contributed by atoms with Crippen molar-refractivity contribution in [1.29, 1.82) is 0 Å². The first-order chi connectivity index (χ1) is 8.21. The molecule has 0 aromatic heterocycles. The molecule has 0 bridgehead atoms. The van der Waals surface area contributed by atoms with E-state index in [-0.39, 0.29) is 0 Å². The van der Waals surface area contributed by atoms with E-state index in [9.17, 15) is 0 Å². The van der Waals surface area contributed by atoms with Crippen molar-refractivity contribution in [3.05, 3.63) is 22.2 Å². The van der Waals surface area contributed by atoms with Gasteiger partial charge in [0.1, 0.15) is 5.75 Å². The van der Waals surface area contributed by atoms with Gasteiger partial charge >= 0.3 is 0 Å². The molecule has 2 aliphatic heterocycles. The van der Waals surface area contributed by atoms with Crippen LogP contribution in [0.2, 0.25) is 0 Å². The van der Waals surface area contributed by atoms with Gasteiger partial charge in [-0.25, -0.2) is 0 Å². The molecule has 0 atom stereocenters. The monoisotopic (exact) mass is 299 g/mol. The number of ether oxygens (including phenoxy) is 3. The maximum absolute atomic E-state index is 5.93. The number of anilines is 1. The van der Waals surface area contributed by atoms with E-state index in [1.165, 1.54) is 0 Å². The minimum atomic E-state index is -0.652. The van der Waals surface area contributed by atoms with Gasteiger partial charge < -0.3 is 19.9 Å². The summed E-state index contributed by atoms with van der Waals surface area (Å²) in [7, 11) is 0. The molecule has 4 nitrogen and oxygen atoms in total. The second-order valence-electron chi connectivity index (χ2n) is 4.27. The zero-order valence-corrected chi connectivity index (χ0v) is 11.0. The molecule has 2 aliphatic rings. The van der Waals surface area contributed by atoms with Gasteiger partial charge in [-0.2, -0.15) is 0 Å². The summed E-state index contributed by atoms with van der Waals surface area (Å²) in [5, 5.41) is 0. The van der Waals surface area contributed by atoms with Gasteiger partial charge in [0.25, 0.3) is 0 Å². The summed E-state index contributed by atoms with van der Waals surface area (Å²) >= 11 is 3.41. The molecule has 0 unspecified atom stereocenters. The molecule has 0 aliphatic carbocycles. The van der Waals surface area contributed by atoms with Gasteiger partial charge in [-0.15, -0.1) is 0 Å². The van der Waals surface area contributed by atoms with Crippen molar-refractivity contribution >= 4 is 21.6 Å². The van der Waals surface area contributed by atoms with Gasteiger partial charge in [-0.1, -0.05) is 0 Å². The lowest BCUT2D eigenvalue weighted by Gasteiger charge is -2.27. The predicted molar refractivity (Wildman–Crippen MR) is 66.9 cm³/mol. The first kappa shape index (κ1) is 11.3. The van der Waals surface area contributed by atoms with E-state index < -0.39 is 5.79 Å². The quantitative estimate of drug-likeness (QED) is 0.748. The number of nitrogen functional groups attached to an aromatic ring is 1. The van der Waals surface area contributed by atoms with Gasteiger partial charge in [0.2, 0.25) is 0 Å². The van der Waals surface area contributed by atoms with E-state index in [1.807, 2.05) is 12.1 Å². The highest BCUT2D eigenvalue weighted by molar-refractivity contribution is 9.10. The lowest BCUT2D eigenvalue weighted by Crippen LogP contribution is -2.26. The molecule has 2 heterocycles. The Labute approximate surface area is 108 Å². The summed E-state index contributed by atoms with van der Waals surface area (Å²) in [6, 6.07) is 3.78. The van der Waals surface area contributed by atoms with Crippen LogP contribution in [0.25, 0.3) is 0 Å². The highest BCUT2D eigenvalue weighted by atomic mass is 79.9. The van der Waals surface area contributed by atoms with Crippen molar-refractivity contribution < 1.29 is 14.2 Å². The van der Waals surface area contributed by atoms with Crippen molar-refractivity contribution in [2.75, 3.05) is 25.6 Å². The van der Waals surface area contributed by atoms with Crippen LogP contribution >= 0.6 is 15.9 Å². The third-order valence-electron chi connectivity index (χ3n) is 3.17. The van der Waals surface area contributed by atoms with Crippen LogP contribution in [0.15, 0.2) is 16.6 Å². The molecule has 2 N–H and O–H groups in total. The van der Waals surface area contributed by atoms with E-state index in [0.717, 1.165) is 28.6 Å². The number of hydrogen-bond acceptors (Lipinski definition) is 4. The molecule has 92 valence electrons. The van der Waals surface area contributed by atoms with Gasteiger partial charge in [0, 0.05) is 16.6 Å². The Hall–Kier alpha value is -0.780. The Morgan fingerprint density at radius 3 is 2.71 bits per heavy atom. The van der Waals surface area contributed by atoms with Gasteiger partial charge in [-0.05, 0) is 34.5 Å². The van der Waals surface area contributed by atoms with Crippen LogP contribution < -0.4 is 10.5 Å². The number of halogens is 1. The second-order valence-corrected chi connectivity index (χ2v) is 5.13. The first-order valence-corrected chi connectivity index (χ1v) is 6.51. The van der Waals surface area contributed by atoms with Crippen LogP contribution in [0.3, 0.4) is 0 Å². The molecular formula is C12H14BrNO3. The molecule has 1 aromatic rings. The minimum absolute atomic E-state index is 0.620. The molecule has 0 amide bonds. The molecule has 0 radical (unpaired) electrons. The van der Waals surface area contributed by atoms with Crippen LogP contribution in [0, 0.1) is 0 Å². The number of fused-ring (bicyclic) bond motifs is 2. The lowest BCUT2D eigenvalue weighted by atomic mass is 10.00. The van der Waals surface area contributed by atoms with E-state index in [0.29, 0.717) is 25.5 Å². The third kappa shape index (κ3) is 1.82. The van der Waals surface area contributed by atoms with Crippen molar-refractivity contribution in [1.82, 2.24) is 0 Å². The van der Waals surface area contributed by atoms with Crippen molar-refractivity contribution in [3.63, 3.8) is 0 Å². The average molecular weight is 300 g/mol. The highest BCUT2D eigenvalue weighted by Crippen LogP contribution is 2.45. The zero-order valence-electron chi connectivity index (χ0n) is 9.37. The molecule has 1 aromatic carbocycles. The molecule has 5 heteroatoms. The van der Waals surface area contributed by atoms with Gasteiger partial charge in [0.15, 0.2) is 5.79 Å². The minimum Gasteiger partial charge on any atom is -0.493 e. The summed E-state index contributed by atoms with van der Waals surface area (Å²) < 4.78 is 18.2. The average Bonchev–Trinajstić information content (AvgIpc) is 2.71. The second kappa shape index (κ2) is 4.15. The smallest absolute Gasteiger partial charge is 0.198 e. The Bertz CT molecular complexity index is 444. The normalized spacial score (nSPS) is 21.9. The number of hydrogen-bond donors (Lipinski definition) is 1. The summed E-state index contributed by atoms with van der Waals surface area (Å²) in [6.07, 6.45) is 1.72. The Kier molecular flexibility index (Phi) is 2.77. The zero-order chi connectivity index (χ0) is 11.9. The largest absolute Gasteiger partial charge is 0.493 e. The van der Waals surface area contributed by atoms with Crippen LogP contribution in [-0.2, 0) is 15.3 Å². The number of nitrogens with two attached hydrogens (primary N) is 1. The van der Waals surface area contributed by atoms with E-state index >= 15 is 0 Å². The summed E-state index contributed by atoms with van der Waals surface area (Å²) in [5.74, 6) is 0.145. The van der Waals surface area contributed by atoms with Gasteiger partial charge in [-0.3, -0.25) is 0 Å². The molecule has 3 rings (SSSR count). The van der Waals surface area contributed by atoms with Crippen LogP contribution in [0.5, 0.6) is 5.75 Å². The van der Waals surface area contributed by atoms with Crippen molar-refractivity contribution in [2.24, 2.45) is 0 Å². The van der Waals surface area contributed by atoms with Gasteiger partial charge in [0.05, 0.1) is 25.4 Å². The Balaban J connectivity index is 2.14. The first-order valence-electron chi connectivity index (χ1n) is 5.71. The maximum Gasteiger partial charge on any atom is 0.198 e. The standard InChI is InChI=1S/C12H14BrNO3/c13-9-7-11-8(6-10(9)14)12(2-1-3-15-11)16-4-5-17-12/h6-7H,1-5,14H2. The van der Waals surface area contributed by atoms with E-state index in [4.69, 9.17) is 19.9 Å². The summed E-state index contributed by atoms with van der Waals surface area (Å²) in [6.45, 7) is 1.92. The van der Waals surface area contributed by atoms with Crippen molar-refractivity contribution in [2.45, 2.75) is 18.6 Å². The topological polar surface area (TPSA) is 53.7 Å². The molecular weight excluding hydrogens is 286 g/mol. The SMILES string of the molecule is Nc1cc2c(cc1Br)OCCCC21OCCO1. The Morgan fingerprint density at radius 1 is 1.18 bits per heavy atom. The molecule has 0 saturated carbocycles. The molecule has 1 spiro atoms. The summed E-state index contributed by atoms with van der Waals surface area (Å²) in [4.78, 5) is 0. The highest BCUT2D eigenvalue weighted by Gasteiger charge is 2.42.